The molecule has 2 aliphatic rings. The van der Waals surface area contributed by atoms with E-state index in [0.29, 0.717) is 29.3 Å². The van der Waals surface area contributed by atoms with Gasteiger partial charge in [-0.25, -0.2) is 4.79 Å². The summed E-state index contributed by atoms with van der Waals surface area (Å²) in [5.74, 6) is 0.304. The maximum Gasteiger partial charge on any atom is 0.336 e. The van der Waals surface area contributed by atoms with E-state index in [0.717, 1.165) is 61.5 Å². The highest BCUT2D eigenvalue weighted by Crippen LogP contribution is 2.49. The van der Waals surface area contributed by atoms with E-state index in [4.69, 9.17) is 20.8 Å². The minimum Gasteiger partial charge on any atom is -0.481 e. The molecule has 1 amide bonds. The second-order valence-electron chi connectivity index (χ2n) is 10.8. The van der Waals surface area contributed by atoms with Gasteiger partial charge in [0.1, 0.15) is 11.3 Å². The van der Waals surface area contributed by atoms with E-state index >= 15 is 0 Å². The van der Waals surface area contributed by atoms with E-state index < -0.39 is 11.7 Å². The highest BCUT2D eigenvalue weighted by Gasteiger charge is 2.50. The number of likely N-dealkylation sites (tertiary alicyclic amines) is 1. The van der Waals surface area contributed by atoms with Crippen LogP contribution in [0, 0.1) is 5.92 Å². The number of fused-ring (bicyclic) bond motifs is 2. The van der Waals surface area contributed by atoms with Crippen molar-refractivity contribution in [2.75, 3.05) is 6.54 Å². The number of rotatable bonds is 7. The molecule has 202 valence electrons. The number of carbonyl (C=O) groups is 1. The first-order chi connectivity index (χ1) is 18.3. The molecule has 2 fully saturated rings. The smallest absolute Gasteiger partial charge is 0.336 e. The summed E-state index contributed by atoms with van der Waals surface area (Å²) < 4.78 is 11.6. The summed E-state index contributed by atoms with van der Waals surface area (Å²) in [5, 5.41) is 13.0. The van der Waals surface area contributed by atoms with Crippen LogP contribution in [0.5, 0.6) is 5.75 Å². The quantitative estimate of drug-likeness (QED) is 0.350. The molecule has 0 radical (unpaired) electrons. The fraction of sp³-hybridized carbons (Fsp3) is 0.484. The summed E-state index contributed by atoms with van der Waals surface area (Å²) >= 11 is 6.16. The monoisotopic (exact) mass is 537 g/mol. The lowest BCUT2D eigenvalue weighted by molar-refractivity contribution is -0.161. The van der Waals surface area contributed by atoms with Gasteiger partial charge >= 0.3 is 5.63 Å². The lowest BCUT2D eigenvalue weighted by Crippen LogP contribution is -2.58. The number of hydrogen-bond acceptors (Lipinski definition) is 5. The molecule has 2 heterocycles. The molecule has 1 aromatic heterocycles. The van der Waals surface area contributed by atoms with Crippen molar-refractivity contribution in [1.82, 2.24) is 4.90 Å². The fourth-order valence-corrected chi connectivity index (χ4v) is 6.47. The number of carbonyl (C=O) groups excluding carboxylic acids is 1. The zero-order chi connectivity index (χ0) is 26.9. The third kappa shape index (κ3) is 5.34. The van der Waals surface area contributed by atoms with Crippen LogP contribution in [0.1, 0.15) is 76.0 Å². The predicted molar refractivity (Wildman–Crippen MR) is 149 cm³/mol. The molecular formula is C31H36ClNO5. The van der Waals surface area contributed by atoms with Gasteiger partial charge < -0.3 is 19.2 Å². The zero-order valence-electron chi connectivity index (χ0n) is 22.1. The van der Waals surface area contributed by atoms with Crippen molar-refractivity contribution < 1.29 is 19.1 Å². The molecule has 3 aromatic rings. The first-order valence-electron chi connectivity index (χ1n) is 13.8. The van der Waals surface area contributed by atoms with E-state index in [-0.39, 0.29) is 23.5 Å². The van der Waals surface area contributed by atoms with Crippen LogP contribution >= 0.6 is 11.6 Å². The lowest BCUT2D eigenvalue weighted by atomic mass is 9.66. The van der Waals surface area contributed by atoms with Crippen LogP contribution in [0.2, 0.25) is 5.02 Å². The van der Waals surface area contributed by atoms with Gasteiger partial charge in [0.2, 0.25) is 0 Å². The normalized spacial score (nSPS) is 24.2. The van der Waals surface area contributed by atoms with Crippen molar-refractivity contribution in [3.8, 4) is 5.75 Å². The molecule has 4 atom stereocenters. The van der Waals surface area contributed by atoms with Crippen LogP contribution in [-0.4, -0.2) is 34.2 Å². The fourth-order valence-electron chi connectivity index (χ4n) is 6.35. The molecule has 0 bridgehead atoms. The first-order valence-corrected chi connectivity index (χ1v) is 14.2. The van der Waals surface area contributed by atoms with Gasteiger partial charge in [0, 0.05) is 35.0 Å². The maximum absolute atomic E-state index is 13.8. The average molecular weight is 538 g/mol. The van der Waals surface area contributed by atoms with E-state index in [2.05, 4.69) is 6.92 Å². The van der Waals surface area contributed by atoms with Gasteiger partial charge in [-0.15, -0.1) is 0 Å². The zero-order valence-corrected chi connectivity index (χ0v) is 22.9. The molecule has 6 nitrogen and oxygen atoms in total. The number of piperidine rings is 1. The molecule has 1 N–H and O–H groups in total. The van der Waals surface area contributed by atoms with Gasteiger partial charge in [0.05, 0.1) is 11.6 Å². The Labute approximate surface area is 228 Å². The molecule has 0 unspecified atom stereocenters. The molecule has 38 heavy (non-hydrogen) atoms. The number of halogens is 1. The summed E-state index contributed by atoms with van der Waals surface area (Å²) in [6.07, 6.45) is 6.30. The van der Waals surface area contributed by atoms with Crippen molar-refractivity contribution in [3.63, 3.8) is 0 Å². The number of aliphatic hydroxyl groups is 1. The summed E-state index contributed by atoms with van der Waals surface area (Å²) in [6, 6.07) is 14.3. The van der Waals surface area contributed by atoms with Crippen LogP contribution in [-0.2, 0) is 11.2 Å². The third-order valence-electron chi connectivity index (χ3n) is 8.32. The predicted octanol–water partition coefficient (Wildman–Crippen LogP) is 6.45. The van der Waals surface area contributed by atoms with Crippen LogP contribution < -0.4 is 10.4 Å². The summed E-state index contributed by atoms with van der Waals surface area (Å²) in [4.78, 5) is 27.9. The van der Waals surface area contributed by atoms with Gasteiger partial charge in [-0.2, -0.15) is 0 Å². The molecule has 1 aliphatic carbocycles. The SMILES string of the molecule is CCCCc1cc(=O)oc2cc(O[C@H](C)C(=O)N3CC[C@]4(O)CCCC[C@H]4[C@@H]3c3ccc(Cl)cc3)ccc12. The van der Waals surface area contributed by atoms with Crippen LogP contribution in [0.4, 0.5) is 0 Å². The molecule has 5 rings (SSSR count). The highest BCUT2D eigenvalue weighted by atomic mass is 35.5. The van der Waals surface area contributed by atoms with Crippen molar-refractivity contribution in [2.24, 2.45) is 5.92 Å². The van der Waals surface area contributed by atoms with Gasteiger partial charge in [-0.1, -0.05) is 49.9 Å². The van der Waals surface area contributed by atoms with Gasteiger partial charge in [0.25, 0.3) is 5.91 Å². The lowest BCUT2D eigenvalue weighted by Gasteiger charge is -2.53. The average Bonchev–Trinajstić information content (AvgIpc) is 2.90. The second kappa shape index (κ2) is 11.1. The Hall–Kier alpha value is -2.83. The molecule has 1 saturated carbocycles. The summed E-state index contributed by atoms with van der Waals surface area (Å²) in [7, 11) is 0. The largest absolute Gasteiger partial charge is 0.481 e. The minimum atomic E-state index is -0.769. The Morgan fingerprint density at radius 3 is 2.74 bits per heavy atom. The van der Waals surface area contributed by atoms with E-state index in [1.807, 2.05) is 41.3 Å². The molecule has 2 aromatic carbocycles. The van der Waals surface area contributed by atoms with Crippen LogP contribution in [0.25, 0.3) is 11.0 Å². The van der Waals surface area contributed by atoms with Crippen molar-refractivity contribution >= 4 is 28.5 Å². The first kappa shape index (κ1) is 26.8. The molecule has 1 saturated heterocycles. The van der Waals surface area contributed by atoms with Crippen LogP contribution in [0.3, 0.4) is 0 Å². The second-order valence-corrected chi connectivity index (χ2v) is 11.3. The number of ether oxygens (including phenoxy) is 1. The number of amides is 1. The summed E-state index contributed by atoms with van der Waals surface area (Å²) in [5.41, 5.74) is 1.25. The maximum atomic E-state index is 13.8. The van der Waals surface area contributed by atoms with Gasteiger partial charge in [-0.05, 0) is 74.4 Å². The number of benzene rings is 2. The highest BCUT2D eigenvalue weighted by molar-refractivity contribution is 6.30. The third-order valence-corrected chi connectivity index (χ3v) is 8.58. The number of unbranched alkanes of at least 4 members (excludes halogenated alkanes) is 1. The van der Waals surface area contributed by atoms with Gasteiger partial charge in [-0.3, -0.25) is 4.79 Å². The van der Waals surface area contributed by atoms with Crippen molar-refractivity contribution in [2.45, 2.75) is 83.0 Å². The molecule has 7 heteroatoms. The number of nitrogens with zero attached hydrogens (tertiary/aromatic N) is 1. The standard InChI is InChI=1S/C31H36ClNO5/c1-3-4-7-22-18-28(34)38-27-19-24(13-14-25(22)27)37-20(2)30(35)33-17-16-31(36)15-6-5-8-26(31)29(33)21-9-11-23(32)12-10-21/h9-14,18-20,26,29,36H,3-8,15-17H2,1-2H3/t20-,26+,29+,31-/m1/s1. The van der Waals surface area contributed by atoms with E-state index in [1.54, 1.807) is 19.1 Å². The van der Waals surface area contributed by atoms with Crippen molar-refractivity contribution in [1.29, 1.82) is 0 Å². The Morgan fingerprint density at radius 1 is 1.18 bits per heavy atom. The summed E-state index contributed by atoms with van der Waals surface area (Å²) in [6.45, 7) is 4.33. The van der Waals surface area contributed by atoms with Gasteiger partial charge in [0.15, 0.2) is 6.10 Å². The van der Waals surface area contributed by atoms with E-state index in [1.165, 1.54) is 0 Å². The van der Waals surface area contributed by atoms with Crippen LogP contribution in [0.15, 0.2) is 57.7 Å². The van der Waals surface area contributed by atoms with E-state index in [9.17, 15) is 14.7 Å². The topological polar surface area (TPSA) is 80.0 Å². The molecule has 0 spiro atoms. The Morgan fingerprint density at radius 2 is 1.97 bits per heavy atom. The molecular weight excluding hydrogens is 502 g/mol. The Kier molecular flexibility index (Phi) is 7.83. The number of aryl methyl sites for hydroxylation is 1. The number of hydrogen-bond donors (Lipinski definition) is 1. The Bertz CT molecular complexity index is 1350. The Balaban J connectivity index is 1.40. The minimum absolute atomic E-state index is 0.0428. The molecule has 1 aliphatic heterocycles. The van der Waals surface area contributed by atoms with Crippen molar-refractivity contribution in [3.05, 3.63) is 75.1 Å².